The first-order valence-corrected chi connectivity index (χ1v) is 17.1. The fourth-order valence-electron chi connectivity index (χ4n) is 7.65. The van der Waals surface area contributed by atoms with E-state index >= 15 is 0 Å². The van der Waals surface area contributed by atoms with Crippen LogP contribution >= 0.6 is 22.7 Å². The maximum atomic E-state index is 5.33. The fraction of sp³-hybridized carbons (Fsp3) is 0. The number of nitrogens with zero attached hydrogens (tertiary/aromatic N) is 3. The number of rotatable bonds is 2. The van der Waals surface area contributed by atoms with Gasteiger partial charge in [0.05, 0.1) is 38.0 Å². The SMILES string of the molecule is c1ccc2c(c1)sc1ccc3nc(-n4c5ccccc5c5cc(-n6c7ccccc7c7ccccc76)c6ccccc6c54)sc3c12. The molecule has 0 bridgehead atoms. The van der Waals surface area contributed by atoms with Crippen LogP contribution in [0.5, 0.6) is 0 Å². The molecule has 11 aromatic rings. The molecule has 0 aliphatic heterocycles. The van der Waals surface area contributed by atoms with Crippen LogP contribution in [0.15, 0.2) is 140 Å². The summed E-state index contributed by atoms with van der Waals surface area (Å²) in [6.07, 6.45) is 0. The number of hydrogen-bond donors (Lipinski definition) is 0. The monoisotopic (exact) mass is 621 g/mol. The smallest absolute Gasteiger partial charge is 0.195 e. The number of thiazole rings is 1. The minimum Gasteiger partial charge on any atom is -0.309 e. The molecule has 0 N–H and O–H groups in total. The molecule has 3 nitrogen and oxygen atoms in total. The fourth-order valence-corrected chi connectivity index (χ4v) is 9.97. The molecular formula is C41H23N3S2. The predicted octanol–water partition coefficient (Wildman–Crippen LogP) is 12.0. The molecule has 214 valence electrons. The topological polar surface area (TPSA) is 22.8 Å². The molecule has 46 heavy (non-hydrogen) atoms. The van der Waals surface area contributed by atoms with Crippen molar-refractivity contribution in [3.05, 3.63) is 140 Å². The molecule has 0 fully saturated rings. The highest BCUT2D eigenvalue weighted by atomic mass is 32.1. The minimum atomic E-state index is 0.999. The lowest BCUT2D eigenvalue weighted by Crippen LogP contribution is -1.98. The van der Waals surface area contributed by atoms with Crippen molar-refractivity contribution >= 4 is 107 Å². The Labute approximate surface area is 270 Å². The van der Waals surface area contributed by atoms with Crippen LogP contribution < -0.4 is 0 Å². The minimum absolute atomic E-state index is 0.999. The molecule has 0 radical (unpaired) electrons. The van der Waals surface area contributed by atoms with Gasteiger partial charge in [0.1, 0.15) is 0 Å². The first kappa shape index (κ1) is 24.8. The Kier molecular flexibility index (Phi) is 4.87. The zero-order valence-corrected chi connectivity index (χ0v) is 26.1. The largest absolute Gasteiger partial charge is 0.309 e. The Balaban J connectivity index is 1.29. The van der Waals surface area contributed by atoms with Crippen LogP contribution in [-0.2, 0) is 0 Å². The second-order valence-corrected chi connectivity index (χ2v) is 14.0. The Hall–Kier alpha value is -5.49. The van der Waals surface area contributed by atoms with Gasteiger partial charge in [0.15, 0.2) is 5.13 Å². The molecule has 7 aromatic carbocycles. The number of thiophene rings is 1. The van der Waals surface area contributed by atoms with Crippen molar-refractivity contribution in [2.75, 3.05) is 0 Å². The van der Waals surface area contributed by atoms with E-state index in [-0.39, 0.29) is 0 Å². The van der Waals surface area contributed by atoms with Gasteiger partial charge in [-0.1, -0.05) is 108 Å². The maximum absolute atomic E-state index is 5.33. The van der Waals surface area contributed by atoms with Crippen molar-refractivity contribution in [1.29, 1.82) is 0 Å². The molecule has 0 unspecified atom stereocenters. The van der Waals surface area contributed by atoms with Gasteiger partial charge in [0.2, 0.25) is 0 Å². The van der Waals surface area contributed by atoms with E-state index in [9.17, 15) is 0 Å². The van der Waals surface area contributed by atoms with Crippen LogP contribution in [0.3, 0.4) is 0 Å². The van der Waals surface area contributed by atoms with Crippen molar-refractivity contribution < 1.29 is 0 Å². The van der Waals surface area contributed by atoms with E-state index in [1.165, 1.54) is 84.9 Å². The summed E-state index contributed by atoms with van der Waals surface area (Å²) in [5.41, 5.74) is 7.05. The van der Waals surface area contributed by atoms with Gasteiger partial charge in [-0.2, -0.15) is 0 Å². The molecule has 0 aliphatic rings. The van der Waals surface area contributed by atoms with Gasteiger partial charge < -0.3 is 4.57 Å². The van der Waals surface area contributed by atoms with Crippen molar-refractivity contribution in [3.63, 3.8) is 0 Å². The van der Waals surface area contributed by atoms with Crippen LogP contribution in [0.4, 0.5) is 0 Å². The second kappa shape index (κ2) is 9.04. The molecule has 0 aliphatic carbocycles. The Morgan fingerprint density at radius 3 is 1.72 bits per heavy atom. The molecule has 0 saturated heterocycles. The third-order valence-electron chi connectivity index (χ3n) is 9.55. The average Bonchev–Trinajstić information content (AvgIpc) is 3.87. The second-order valence-electron chi connectivity index (χ2n) is 11.9. The maximum Gasteiger partial charge on any atom is 0.195 e. The van der Waals surface area contributed by atoms with Gasteiger partial charge >= 0.3 is 0 Å². The van der Waals surface area contributed by atoms with Crippen LogP contribution in [0.1, 0.15) is 0 Å². The molecular weight excluding hydrogens is 599 g/mol. The third kappa shape index (κ3) is 3.18. The third-order valence-corrected chi connectivity index (χ3v) is 11.8. The van der Waals surface area contributed by atoms with Gasteiger partial charge in [-0.25, -0.2) is 4.98 Å². The predicted molar refractivity (Wildman–Crippen MR) is 199 cm³/mol. The number of hydrogen-bond acceptors (Lipinski definition) is 3. The van der Waals surface area contributed by atoms with Gasteiger partial charge in [-0.3, -0.25) is 4.57 Å². The Morgan fingerprint density at radius 1 is 0.435 bits per heavy atom. The van der Waals surface area contributed by atoms with Crippen LogP contribution in [0.25, 0.3) is 95.6 Å². The van der Waals surface area contributed by atoms with Crippen LogP contribution in [0.2, 0.25) is 0 Å². The van der Waals surface area contributed by atoms with E-state index in [1.807, 2.05) is 11.3 Å². The lowest BCUT2D eigenvalue weighted by molar-refractivity contribution is 1.15. The van der Waals surface area contributed by atoms with Gasteiger partial charge in [-0.15, -0.1) is 11.3 Å². The van der Waals surface area contributed by atoms with Crippen molar-refractivity contribution in [2.24, 2.45) is 0 Å². The van der Waals surface area contributed by atoms with E-state index in [1.54, 1.807) is 11.3 Å². The molecule has 0 spiro atoms. The Morgan fingerprint density at radius 2 is 1.00 bits per heavy atom. The highest BCUT2D eigenvalue weighted by Gasteiger charge is 2.22. The van der Waals surface area contributed by atoms with E-state index in [0.29, 0.717) is 0 Å². The first-order valence-electron chi connectivity index (χ1n) is 15.5. The molecule has 11 rings (SSSR count). The van der Waals surface area contributed by atoms with E-state index < -0.39 is 0 Å². The van der Waals surface area contributed by atoms with Crippen molar-refractivity contribution in [3.8, 4) is 10.8 Å². The first-order chi connectivity index (χ1) is 22.8. The number of fused-ring (bicyclic) bond motifs is 13. The number of para-hydroxylation sites is 3. The van der Waals surface area contributed by atoms with Crippen LogP contribution in [0, 0.1) is 0 Å². The van der Waals surface area contributed by atoms with Crippen molar-refractivity contribution in [2.45, 2.75) is 0 Å². The summed E-state index contributed by atoms with van der Waals surface area (Å²) in [4.78, 5) is 5.33. The zero-order valence-electron chi connectivity index (χ0n) is 24.4. The van der Waals surface area contributed by atoms with E-state index in [4.69, 9.17) is 4.98 Å². The zero-order chi connectivity index (χ0) is 29.9. The molecule has 0 saturated carbocycles. The lowest BCUT2D eigenvalue weighted by atomic mass is 10.0. The quantitative estimate of drug-likeness (QED) is 0.188. The summed E-state index contributed by atoms with van der Waals surface area (Å²) < 4.78 is 8.75. The van der Waals surface area contributed by atoms with Gasteiger partial charge in [-0.05, 0) is 42.5 Å². The summed E-state index contributed by atoms with van der Waals surface area (Å²) >= 11 is 3.66. The molecule has 4 aromatic heterocycles. The molecule has 4 heterocycles. The Bertz CT molecular complexity index is 2990. The normalized spacial score (nSPS) is 12.3. The summed E-state index contributed by atoms with van der Waals surface area (Å²) in [7, 11) is 0. The number of aromatic nitrogens is 3. The molecule has 5 heteroatoms. The lowest BCUT2D eigenvalue weighted by Gasteiger charge is -2.14. The standard InChI is InChI=1S/C41H23N3S2/c1-2-15-28-26(13-1)35(43-32-17-7-3-11-24(32)25-12-4-8-18-33(25)43)23-30-27-14-5-9-19-34(27)44(39(28)30)41-42-31-21-22-37-38(40(31)46-41)29-16-6-10-20-36(29)45-37/h1-23H. The summed E-state index contributed by atoms with van der Waals surface area (Å²) in [5.74, 6) is 0. The average molecular weight is 622 g/mol. The van der Waals surface area contributed by atoms with E-state index in [2.05, 4.69) is 149 Å². The highest BCUT2D eigenvalue weighted by Crippen LogP contribution is 2.45. The van der Waals surface area contributed by atoms with Gasteiger partial charge in [0.25, 0.3) is 0 Å². The molecule has 0 atom stereocenters. The van der Waals surface area contributed by atoms with Crippen LogP contribution in [-0.4, -0.2) is 14.1 Å². The molecule has 0 amide bonds. The number of benzene rings is 7. The summed E-state index contributed by atoms with van der Waals surface area (Å²) in [6, 6.07) is 50.8. The highest BCUT2D eigenvalue weighted by molar-refractivity contribution is 7.28. The van der Waals surface area contributed by atoms with Gasteiger partial charge in [0, 0.05) is 52.5 Å². The van der Waals surface area contributed by atoms with Crippen molar-refractivity contribution in [1.82, 2.24) is 14.1 Å². The summed E-state index contributed by atoms with van der Waals surface area (Å²) in [6.45, 7) is 0. The summed E-state index contributed by atoms with van der Waals surface area (Å²) in [5, 5.41) is 11.1. The van der Waals surface area contributed by atoms with E-state index in [0.717, 1.165) is 10.6 Å².